The van der Waals surface area contributed by atoms with Gasteiger partial charge in [0.1, 0.15) is 22.8 Å². The lowest BCUT2D eigenvalue weighted by molar-refractivity contribution is 0.376. The van der Waals surface area contributed by atoms with Crippen molar-refractivity contribution in [2.75, 3.05) is 33.2 Å². The Bertz CT molecular complexity index is 1310. The molecule has 0 radical (unpaired) electrons. The third-order valence-corrected chi connectivity index (χ3v) is 6.46. The van der Waals surface area contributed by atoms with Crippen LogP contribution < -0.4 is 24.8 Å². The first-order chi connectivity index (χ1) is 16.6. The lowest BCUT2D eigenvalue weighted by atomic mass is 9.95. The monoisotopic (exact) mass is 462 g/mol. The minimum absolute atomic E-state index is 0.270. The van der Waals surface area contributed by atoms with Crippen molar-refractivity contribution < 1.29 is 14.2 Å². The van der Waals surface area contributed by atoms with E-state index in [1.165, 1.54) is 0 Å². The Labute approximate surface area is 198 Å². The predicted molar refractivity (Wildman–Crippen MR) is 131 cm³/mol. The summed E-state index contributed by atoms with van der Waals surface area (Å²) in [6, 6.07) is 12.2. The maximum Gasteiger partial charge on any atom is 0.226 e. The number of aromatic nitrogens is 4. The van der Waals surface area contributed by atoms with Gasteiger partial charge in [-0.3, -0.25) is 0 Å². The van der Waals surface area contributed by atoms with Crippen molar-refractivity contribution in [2.45, 2.75) is 38.3 Å². The number of rotatable bonds is 7. The molecule has 9 nitrogen and oxygen atoms in total. The van der Waals surface area contributed by atoms with Gasteiger partial charge < -0.3 is 24.8 Å². The molecule has 1 fully saturated rings. The van der Waals surface area contributed by atoms with Crippen LogP contribution in [-0.4, -0.2) is 53.5 Å². The molecule has 178 valence electrons. The first-order valence-corrected chi connectivity index (χ1v) is 11.5. The van der Waals surface area contributed by atoms with Crippen LogP contribution in [-0.2, 0) is 6.54 Å². The molecule has 0 amide bonds. The van der Waals surface area contributed by atoms with Crippen molar-refractivity contribution in [3.05, 3.63) is 47.8 Å². The first kappa shape index (κ1) is 22.2. The van der Waals surface area contributed by atoms with Gasteiger partial charge in [-0.2, -0.15) is 4.52 Å². The zero-order valence-electron chi connectivity index (χ0n) is 20.0. The summed E-state index contributed by atoms with van der Waals surface area (Å²) in [7, 11) is 4.94. The minimum Gasteiger partial charge on any atom is -0.497 e. The van der Waals surface area contributed by atoms with E-state index < -0.39 is 0 Å². The summed E-state index contributed by atoms with van der Waals surface area (Å²) in [6.07, 6.45) is 2.17. The van der Waals surface area contributed by atoms with E-state index in [2.05, 4.69) is 17.6 Å². The molecule has 0 bridgehead atoms. The summed E-state index contributed by atoms with van der Waals surface area (Å²) in [5, 5.41) is 12.8. The molecule has 0 aliphatic carbocycles. The quantitative estimate of drug-likeness (QED) is 0.429. The van der Waals surface area contributed by atoms with Gasteiger partial charge in [0.05, 0.1) is 21.3 Å². The molecule has 1 saturated heterocycles. The summed E-state index contributed by atoms with van der Waals surface area (Å²) in [5.41, 5.74) is 2.49. The number of nitrogens with zero attached hydrogens (tertiary/aromatic N) is 4. The second-order valence-electron chi connectivity index (χ2n) is 8.61. The largest absolute Gasteiger partial charge is 0.497 e. The zero-order chi connectivity index (χ0) is 23.7. The number of nitrogens with one attached hydrogen (secondary N) is 2. The van der Waals surface area contributed by atoms with Crippen molar-refractivity contribution in [2.24, 2.45) is 0 Å². The van der Waals surface area contributed by atoms with Crippen LogP contribution >= 0.6 is 0 Å². The highest BCUT2D eigenvalue weighted by Crippen LogP contribution is 2.31. The van der Waals surface area contributed by atoms with Gasteiger partial charge >= 0.3 is 0 Å². The fourth-order valence-corrected chi connectivity index (χ4v) is 4.46. The molecule has 5 rings (SSSR count). The SMILES string of the molecule is COc1ccc(CNc2nc3c(OC)cccc3c3nc(C4CCC(C)NC4)nn23)c(OC)c1. The van der Waals surface area contributed by atoms with Crippen molar-refractivity contribution in [3.63, 3.8) is 0 Å². The maximum atomic E-state index is 5.60. The molecule has 3 heterocycles. The first-order valence-electron chi connectivity index (χ1n) is 11.5. The van der Waals surface area contributed by atoms with E-state index in [1.807, 2.05) is 40.9 Å². The van der Waals surface area contributed by atoms with Gasteiger partial charge in [0.2, 0.25) is 5.95 Å². The summed E-state index contributed by atoms with van der Waals surface area (Å²) in [5.74, 6) is 3.88. The lowest BCUT2D eigenvalue weighted by Crippen LogP contribution is -2.36. The zero-order valence-corrected chi connectivity index (χ0v) is 20.0. The van der Waals surface area contributed by atoms with E-state index in [-0.39, 0.29) is 5.92 Å². The summed E-state index contributed by atoms with van der Waals surface area (Å²) < 4.78 is 18.3. The second-order valence-corrected chi connectivity index (χ2v) is 8.61. The molecule has 9 heteroatoms. The molecule has 0 saturated carbocycles. The fraction of sp³-hybridized carbons (Fsp3) is 0.400. The maximum absolute atomic E-state index is 5.60. The van der Waals surface area contributed by atoms with Crippen LogP contribution in [0, 0.1) is 0 Å². The molecule has 2 unspecified atom stereocenters. The Hall–Kier alpha value is -3.59. The molecule has 2 atom stereocenters. The highest BCUT2D eigenvalue weighted by Gasteiger charge is 2.25. The Morgan fingerprint density at radius 2 is 1.88 bits per heavy atom. The van der Waals surface area contributed by atoms with Gasteiger partial charge in [-0.1, -0.05) is 6.07 Å². The van der Waals surface area contributed by atoms with Crippen LogP contribution in [0.15, 0.2) is 36.4 Å². The molecule has 2 aromatic carbocycles. The van der Waals surface area contributed by atoms with Gasteiger partial charge in [0.15, 0.2) is 11.5 Å². The molecule has 4 aromatic rings. The third-order valence-electron chi connectivity index (χ3n) is 6.46. The summed E-state index contributed by atoms with van der Waals surface area (Å²) in [6.45, 7) is 3.58. The molecular weight excluding hydrogens is 432 g/mol. The molecule has 1 aliphatic rings. The van der Waals surface area contributed by atoms with Crippen molar-refractivity contribution in [1.29, 1.82) is 0 Å². The highest BCUT2D eigenvalue weighted by molar-refractivity contribution is 5.96. The van der Waals surface area contributed by atoms with Crippen LogP contribution in [0.3, 0.4) is 0 Å². The average molecular weight is 463 g/mol. The number of piperidine rings is 1. The Kier molecular flexibility index (Phi) is 6.10. The van der Waals surface area contributed by atoms with Crippen LogP contribution in [0.4, 0.5) is 5.95 Å². The lowest BCUT2D eigenvalue weighted by Gasteiger charge is -2.25. The fourth-order valence-electron chi connectivity index (χ4n) is 4.46. The number of ether oxygens (including phenoxy) is 3. The van der Waals surface area contributed by atoms with Crippen molar-refractivity contribution in [3.8, 4) is 17.2 Å². The number of benzene rings is 2. The number of methoxy groups -OCH3 is 3. The van der Waals surface area contributed by atoms with E-state index in [0.717, 1.165) is 58.8 Å². The molecular formula is C25H30N6O3. The summed E-state index contributed by atoms with van der Waals surface area (Å²) in [4.78, 5) is 9.86. The molecule has 2 N–H and O–H groups in total. The Morgan fingerprint density at radius 3 is 2.62 bits per heavy atom. The molecule has 0 spiro atoms. The van der Waals surface area contributed by atoms with Gasteiger partial charge in [0, 0.05) is 42.1 Å². The van der Waals surface area contributed by atoms with Gasteiger partial charge in [-0.05, 0) is 44.0 Å². The van der Waals surface area contributed by atoms with Crippen molar-refractivity contribution in [1.82, 2.24) is 24.9 Å². The number of fused-ring (bicyclic) bond motifs is 3. The average Bonchev–Trinajstić information content (AvgIpc) is 3.33. The molecule has 1 aliphatic heterocycles. The van der Waals surface area contributed by atoms with E-state index in [1.54, 1.807) is 21.3 Å². The minimum atomic E-state index is 0.270. The van der Waals surface area contributed by atoms with Gasteiger partial charge in [0.25, 0.3) is 0 Å². The number of hydrogen-bond acceptors (Lipinski definition) is 8. The van der Waals surface area contributed by atoms with Gasteiger partial charge in [-0.15, -0.1) is 5.10 Å². The topological polar surface area (TPSA) is 94.8 Å². The normalized spacial score (nSPS) is 18.2. The van der Waals surface area contributed by atoms with E-state index in [9.17, 15) is 0 Å². The summed E-state index contributed by atoms with van der Waals surface area (Å²) >= 11 is 0. The van der Waals surface area contributed by atoms with E-state index in [4.69, 9.17) is 29.3 Å². The predicted octanol–water partition coefficient (Wildman–Crippen LogP) is 3.77. The van der Waals surface area contributed by atoms with Crippen LogP contribution in [0.1, 0.15) is 37.1 Å². The number of anilines is 1. The van der Waals surface area contributed by atoms with Crippen molar-refractivity contribution >= 4 is 22.5 Å². The standard InChI is InChI=1S/C25H30N6O3/c1-15-8-9-17(14-26-15)23-29-24-19-6-5-7-20(33-3)22(19)28-25(31(24)30-23)27-13-16-10-11-18(32-2)12-21(16)34-4/h5-7,10-12,15,17,26H,8-9,13-14H2,1-4H3,(H,27,28). The molecule has 2 aromatic heterocycles. The second kappa shape index (κ2) is 9.34. The highest BCUT2D eigenvalue weighted by atomic mass is 16.5. The number of para-hydroxylation sites is 1. The van der Waals surface area contributed by atoms with E-state index >= 15 is 0 Å². The third kappa shape index (κ3) is 4.07. The Balaban J connectivity index is 1.57. The smallest absolute Gasteiger partial charge is 0.226 e. The van der Waals surface area contributed by atoms with E-state index in [0.29, 0.717) is 24.3 Å². The van der Waals surface area contributed by atoms with Crippen LogP contribution in [0.25, 0.3) is 16.6 Å². The molecule has 34 heavy (non-hydrogen) atoms. The van der Waals surface area contributed by atoms with Crippen LogP contribution in [0.2, 0.25) is 0 Å². The Morgan fingerprint density at radius 1 is 1.03 bits per heavy atom. The number of hydrogen-bond donors (Lipinski definition) is 2. The van der Waals surface area contributed by atoms with Gasteiger partial charge in [-0.25, -0.2) is 9.97 Å². The van der Waals surface area contributed by atoms with Crippen LogP contribution in [0.5, 0.6) is 17.2 Å².